The van der Waals surface area contributed by atoms with Crippen LogP contribution in [0.25, 0.3) is 33.1 Å². The van der Waals surface area contributed by atoms with Crippen molar-refractivity contribution in [1.82, 2.24) is 0 Å². The van der Waals surface area contributed by atoms with Gasteiger partial charge in [0.25, 0.3) is 6.71 Å². The lowest BCUT2D eigenvalue weighted by molar-refractivity contribution is 0.0906. The van der Waals surface area contributed by atoms with E-state index in [0.717, 1.165) is 101 Å². The van der Waals surface area contributed by atoms with Gasteiger partial charge in [-0.1, -0.05) is 175 Å². The molecule has 0 radical (unpaired) electrons. The maximum atomic E-state index is 9.98. The number of anilines is 7. The van der Waals surface area contributed by atoms with Crippen molar-refractivity contribution >= 4 is 84.9 Å². The van der Waals surface area contributed by atoms with E-state index in [-0.39, 0.29) is 58.1 Å². The second kappa shape index (κ2) is 14.7. The third-order valence-corrected chi connectivity index (χ3v) is 21.9. The van der Waals surface area contributed by atoms with Crippen LogP contribution in [-0.2, 0) is 21.7 Å². The summed E-state index contributed by atoms with van der Waals surface area (Å²) in [5, 5.41) is 2.33. The predicted molar refractivity (Wildman–Crippen MR) is 322 cm³/mol. The summed E-state index contributed by atoms with van der Waals surface area (Å²) in [4.78, 5) is 7.90. The molecule has 2 aliphatic carbocycles. The Bertz CT molecular complexity index is 4070. The van der Waals surface area contributed by atoms with Crippen LogP contribution in [0, 0.1) is 10.8 Å². The van der Waals surface area contributed by atoms with Crippen molar-refractivity contribution in [3.63, 3.8) is 0 Å². The number of hydrogen-bond donors (Lipinski definition) is 0. The van der Waals surface area contributed by atoms with Gasteiger partial charge in [-0.05, 0) is 160 Å². The van der Waals surface area contributed by atoms with E-state index < -0.39 is 16.4 Å². The monoisotopic (exact) mass is 1000 g/mol. The average molecular weight is 1000 g/mol. The van der Waals surface area contributed by atoms with Crippen molar-refractivity contribution in [3.8, 4) is 11.1 Å². The van der Waals surface area contributed by atoms with Crippen molar-refractivity contribution in [2.24, 2.45) is 10.8 Å². The molecule has 2 saturated carbocycles. The van der Waals surface area contributed by atoms with Crippen LogP contribution in [0.15, 0.2) is 132 Å². The maximum Gasteiger partial charge on any atom is 0.253 e. The summed E-state index contributed by atoms with van der Waals surface area (Å²) in [5.41, 5.74) is 19.2. The van der Waals surface area contributed by atoms with Crippen molar-refractivity contribution in [2.45, 2.75) is 174 Å². The summed E-state index contributed by atoms with van der Waals surface area (Å²) in [6.07, 6.45) is 8.15. The first-order chi connectivity index (χ1) is 37.7. The molecule has 4 atom stereocenters. The Labute approximate surface area is 458 Å². The molecule has 2 fully saturated rings. The normalized spacial score (nSPS) is 26.2. The maximum absolute atomic E-state index is 9.98. The third kappa shape index (κ3) is 5.44. The SMILES string of the molecule is [2H]c1c([2H])c([2H])c2c(c1[2H])N(c1cc3c4c(c1)N1c5c6cc(cc5C5(C)CCCCC15C)C(C(C)(C)C)(C(C)(C)C)c1ccc5oc7ccc(c(c7c5c1)B64)N3c1ccc(C(C)(C)C)cc1-c1ccccc1)C1(C)CCCCC21C. The topological polar surface area (TPSA) is 22.9 Å². The van der Waals surface area contributed by atoms with Crippen LogP contribution in [0.2, 0.25) is 0 Å². The molecule has 4 nitrogen and oxygen atoms in total. The summed E-state index contributed by atoms with van der Waals surface area (Å²) < 4.78 is 45.4. The quantitative estimate of drug-likeness (QED) is 0.165. The number of rotatable bonds is 3. The van der Waals surface area contributed by atoms with E-state index in [1.807, 2.05) is 0 Å². The van der Waals surface area contributed by atoms with Crippen LogP contribution in [0.5, 0.6) is 0 Å². The van der Waals surface area contributed by atoms with E-state index in [0.29, 0.717) is 5.69 Å². The molecule has 7 aliphatic rings. The number of benzene rings is 7. The fraction of sp³-hybridized carbons (Fsp3) is 0.408. The Morgan fingerprint density at radius 1 is 0.553 bits per heavy atom. The first kappa shape index (κ1) is 42.9. The zero-order valence-electron chi connectivity index (χ0n) is 51.3. The van der Waals surface area contributed by atoms with Crippen LogP contribution in [-0.4, -0.2) is 17.8 Å². The molecule has 5 aliphatic heterocycles. The van der Waals surface area contributed by atoms with Gasteiger partial charge in [-0.3, -0.25) is 0 Å². The van der Waals surface area contributed by atoms with Gasteiger partial charge in [0.15, 0.2) is 0 Å². The Hall–Kier alpha value is -6.20. The zero-order chi connectivity index (χ0) is 56.1. The molecule has 5 heteroatoms. The lowest BCUT2D eigenvalue weighted by Crippen LogP contribution is -2.65. The Kier molecular flexibility index (Phi) is 8.28. The van der Waals surface area contributed by atoms with Gasteiger partial charge in [0, 0.05) is 66.7 Å². The van der Waals surface area contributed by atoms with Crippen LogP contribution in [0.3, 0.4) is 0 Å². The van der Waals surface area contributed by atoms with Crippen LogP contribution in [0.4, 0.5) is 39.8 Å². The van der Waals surface area contributed by atoms with Gasteiger partial charge in [0.2, 0.25) is 0 Å². The lowest BCUT2D eigenvalue weighted by atomic mass is 9.32. The van der Waals surface area contributed by atoms with Gasteiger partial charge >= 0.3 is 0 Å². The first-order valence-corrected chi connectivity index (χ1v) is 28.8. The molecule has 0 N–H and O–H groups in total. The highest BCUT2D eigenvalue weighted by molar-refractivity contribution is 7.02. The molecule has 6 heterocycles. The number of hydrogen-bond acceptors (Lipinski definition) is 4. The summed E-state index contributed by atoms with van der Waals surface area (Å²) in [6, 6.07) is 40.1. The molecule has 0 spiro atoms. The van der Waals surface area contributed by atoms with E-state index in [9.17, 15) is 4.11 Å². The second-order valence-electron chi connectivity index (χ2n) is 28.4. The Balaban J connectivity index is 1.17. The molecule has 384 valence electrons. The predicted octanol–water partition coefficient (Wildman–Crippen LogP) is 17.3. The molecule has 4 unspecified atom stereocenters. The molecule has 0 saturated heterocycles. The Morgan fingerprint density at radius 3 is 1.91 bits per heavy atom. The standard InChI is InChI=1S/C71H76BN3O/c1-64(2,3)44-27-29-53(48(37-44)43-23-15-14-16-24-43)73-55-30-32-59-60-49-38-45(28-31-58(49)76-59)71(65(4,5)6,66(7,8)9)46-39-51-63-52(40-46)72(62(55)60)61-56(73)41-47(42-57(61)75(63)70(13)36-22-20-34-68(51,70)11)74-54-26-18-17-25-50(54)67(10)33-19-21-35-69(67,74)12/h14-18,23-32,37-42H,19-22,33-36H2,1-13H3/i17D,18D,25D,26D. The molecule has 7 aromatic carbocycles. The van der Waals surface area contributed by atoms with E-state index in [1.54, 1.807) is 0 Å². The number of para-hydroxylation sites is 1. The Morgan fingerprint density at radius 2 is 1.20 bits per heavy atom. The molecule has 1 aromatic heterocycles. The largest absolute Gasteiger partial charge is 0.456 e. The second-order valence-corrected chi connectivity index (χ2v) is 28.4. The fourth-order valence-electron chi connectivity index (χ4n) is 18.4. The van der Waals surface area contributed by atoms with E-state index in [1.165, 1.54) is 61.8 Å². The van der Waals surface area contributed by atoms with Crippen molar-refractivity contribution in [3.05, 3.63) is 155 Å². The highest BCUT2D eigenvalue weighted by Crippen LogP contribution is 2.67. The van der Waals surface area contributed by atoms with Crippen LogP contribution in [0.1, 0.15) is 175 Å². The number of furan rings is 1. The molecular formula is C71H76BN3O. The van der Waals surface area contributed by atoms with E-state index in [2.05, 4.69) is 208 Å². The fourth-order valence-corrected chi connectivity index (χ4v) is 18.4. The summed E-state index contributed by atoms with van der Waals surface area (Å²) >= 11 is 0. The van der Waals surface area contributed by atoms with Crippen LogP contribution < -0.4 is 31.1 Å². The third-order valence-electron chi connectivity index (χ3n) is 21.9. The molecule has 15 rings (SSSR count). The van der Waals surface area contributed by atoms with E-state index >= 15 is 0 Å². The van der Waals surface area contributed by atoms with Gasteiger partial charge in [0.05, 0.1) is 22.2 Å². The lowest BCUT2D eigenvalue weighted by Gasteiger charge is -2.55. The average Bonchev–Trinajstić information content (AvgIpc) is 3.98. The molecule has 76 heavy (non-hydrogen) atoms. The highest BCUT2D eigenvalue weighted by Gasteiger charge is 2.64. The van der Waals surface area contributed by atoms with Crippen molar-refractivity contribution in [1.29, 1.82) is 0 Å². The van der Waals surface area contributed by atoms with Gasteiger partial charge in [-0.15, -0.1) is 0 Å². The van der Waals surface area contributed by atoms with Crippen LogP contribution >= 0.6 is 0 Å². The zero-order valence-corrected chi connectivity index (χ0v) is 47.3. The molecule has 4 bridgehead atoms. The minimum Gasteiger partial charge on any atom is -0.456 e. The van der Waals surface area contributed by atoms with E-state index in [4.69, 9.17) is 5.79 Å². The minimum absolute atomic E-state index is 0.0470. The first-order valence-electron chi connectivity index (χ1n) is 30.8. The minimum atomic E-state index is -0.554. The van der Waals surface area contributed by atoms with Gasteiger partial charge in [0.1, 0.15) is 11.2 Å². The summed E-state index contributed by atoms with van der Waals surface area (Å²) in [7, 11) is 0. The highest BCUT2D eigenvalue weighted by atomic mass is 16.3. The molecular weight excluding hydrogens is 922 g/mol. The van der Waals surface area contributed by atoms with Crippen molar-refractivity contribution < 1.29 is 9.90 Å². The summed E-state index contributed by atoms with van der Waals surface area (Å²) in [6.45, 7) is 31.4. The molecule has 8 aromatic rings. The number of nitrogens with zero attached hydrogens (tertiary/aromatic N) is 3. The molecule has 0 amide bonds. The number of fused-ring (bicyclic) bond motifs is 9. The smallest absolute Gasteiger partial charge is 0.253 e. The van der Waals surface area contributed by atoms with Gasteiger partial charge in [-0.25, -0.2) is 0 Å². The van der Waals surface area contributed by atoms with Gasteiger partial charge < -0.3 is 19.1 Å². The van der Waals surface area contributed by atoms with Crippen molar-refractivity contribution in [2.75, 3.05) is 14.7 Å². The van der Waals surface area contributed by atoms with Gasteiger partial charge in [-0.2, -0.15) is 0 Å². The summed E-state index contributed by atoms with van der Waals surface area (Å²) in [5.74, 6) is 0.